The molecule has 0 saturated carbocycles. The predicted molar refractivity (Wildman–Crippen MR) is 68.2 cm³/mol. The molecule has 1 fully saturated rings. The van der Waals surface area contributed by atoms with Crippen molar-refractivity contribution in [2.75, 3.05) is 32.5 Å². The molecule has 0 spiro atoms. The van der Waals surface area contributed by atoms with E-state index in [2.05, 4.69) is 19.9 Å². The normalized spacial score (nSPS) is 24.9. The van der Waals surface area contributed by atoms with Gasteiger partial charge in [-0.15, -0.1) is 0 Å². The molecule has 0 amide bonds. The summed E-state index contributed by atoms with van der Waals surface area (Å²) in [5, 5.41) is 9.26. The monoisotopic (exact) mass is 264 g/mol. The first-order valence-electron chi connectivity index (χ1n) is 6.07. The number of hydrogen-bond acceptors (Lipinski definition) is 7. The van der Waals surface area contributed by atoms with Gasteiger partial charge in [-0.25, -0.2) is 15.0 Å². The fourth-order valence-electron chi connectivity index (χ4n) is 2.33. The molecule has 102 valence electrons. The van der Waals surface area contributed by atoms with Gasteiger partial charge in [0.05, 0.1) is 19.0 Å². The minimum absolute atomic E-state index is 0.00933. The molecule has 1 aliphatic rings. The summed E-state index contributed by atoms with van der Waals surface area (Å²) in [4.78, 5) is 14.4. The molecule has 8 nitrogen and oxygen atoms in total. The number of imidazole rings is 1. The number of hydrogen-bond donors (Lipinski definition) is 2. The average Bonchev–Trinajstić information content (AvgIpc) is 2.83. The van der Waals surface area contributed by atoms with Crippen molar-refractivity contribution in [2.24, 2.45) is 0 Å². The molecule has 3 N–H and O–H groups in total. The van der Waals surface area contributed by atoms with E-state index < -0.39 is 0 Å². The lowest BCUT2D eigenvalue weighted by molar-refractivity contribution is -0.127. The predicted octanol–water partition coefficient (Wildman–Crippen LogP) is -0.770. The van der Waals surface area contributed by atoms with Crippen LogP contribution in [-0.2, 0) is 4.74 Å². The summed E-state index contributed by atoms with van der Waals surface area (Å²) in [6, 6.07) is 0. The van der Waals surface area contributed by atoms with Crippen LogP contribution in [0.1, 0.15) is 6.23 Å². The van der Waals surface area contributed by atoms with Gasteiger partial charge >= 0.3 is 0 Å². The molecule has 1 unspecified atom stereocenters. The highest BCUT2D eigenvalue weighted by atomic mass is 16.5. The van der Waals surface area contributed by atoms with Crippen LogP contribution in [0.25, 0.3) is 11.2 Å². The van der Waals surface area contributed by atoms with Crippen molar-refractivity contribution in [3.8, 4) is 0 Å². The number of nitrogens with two attached hydrogens (primary N) is 1. The van der Waals surface area contributed by atoms with Crippen LogP contribution in [0.5, 0.6) is 0 Å². The third-order valence-electron chi connectivity index (χ3n) is 3.23. The molecule has 0 aromatic carbocycles. The molecule has 2 atom stereocenters. The summed E-state index contributed by atoms with van der Waals surface area (Å²) < 4.78 is 7.65. The van der Waals surface area contributed by atoms with E-state index in [1.54, 1.807) is 6.33 Å². The van der Waals surface area contributed by atoms with Crippen molar-refractivity contribution >= 4 is 17.0 Å². The summed E-state index contributed by atoms with van der Waals surface area (Å²) in [7, 11) is 1.99. The zero-order chi connectivity index (χ0) is 13.4. The third-order valence-corrected chi connectivity index (χ3v) is 3.23. The second-order valence-corrected chi connectivity index (χ2v) is 4.70. The standard InChI is InChI=1S/C11H16N6O2/c1-16-2-7(4-18)19-8(3-16)17-6-15-9-10(12)13-5-14-11(9)17/h5-8,18H,2-4H2,1H3,(H2,12,13,14)/t7?,8-/m1/s1. The smallest absolute Gasteiger partial charge is 0.167 e. The number of nitrogen functional groups attached to an aromatic ring is 1. The first kappa shape index (κ1) is 12.3. The van der Waals surface area contributed by atoms with Crippen molar-refractivity contribution in [1.29, 1.82) is 0 Å². The number of aliphatic hydroxyl groups is 1. The van der Waals surface area contributed by atoms with Crippen LogP contribution in [0.2, 0.25) is 0 Å². The van der Waals surface area contributed by atoms with Gasteiger partial charge in [0, 0.05) is 13.1 Å². The Bertz CT molecular complexity index is 586. The molecule has 0 aliphatic carbocycles. The quantitative estimate of drug-likeness (QED) is 0.734. The van der Waals surface area contributed by atoms with Crippen LogP contribution in [0.15, 0.2) is 12.7 Å². The Morgan fingerprint density at radius 1 is 1.42 bits per heavy atom. The van der Waals surface area contributed by atoms with Gasteiger partial charge in [-0.3, -0.25) is 9.47 Å². The molecule has 8 heteroatoms. The third kappa shape index (κ3) is 2.14. The van der Waals surface area contributed by atoms with Crippen LogP contribution in [0, 0.1) is 0 Å². The highest BCUT2D eigenvalue weighted by Gasteiger charge is 2.28. The Morgan fingerprint density at radius 3 is 3.05 bits per heavy atom. The number of fused-ring (bicyclic) bond motifs is 1. The molecule has 1 saturated heterocycles. The van der Waals surface area contributed by atoms with Crippen molar-refractivity contribution in [3.63, 3.8) is 0 Å². The molecule has 2 aromatic rings. The summed E-state index contributed by atoms with van der Waals surface area (Å²) in [5.74, 6) is 0.353. The molecule has 2 aromatic heterocycles. The first-order chi connectivity index (χ1) is 9.19. The number of ether oxygens (including phenoxy) is 1. The first-order valence-corrected chi connectivity index (χ1v) is 6.07. The molecular formula is C11H16N6O2. The van der Waals surface area contributed by atoms with Crippen molar-refractivity contribution in [1.82, 2.24) is 24.4 Å². The minimum atomic E-state index is -0.241. The maximum absolute atomic E-state index is 9.26. The van der Waals surface area contributed by atoms with E-state index in [0.717, 1.165) is 0 Å². The van der Waals surface area contributed by atoms with Gasteiger partial charge in [-0.1, -0.05) is 0 Å². The van der Waals surface area contributed by atoms with Crippen molar-refractivity contribution in [3.05, 3.63) is 12.7 Å². The lowest BCUT2D eigenvalue weighted by Crippen LogP contribution is -2.45. The summed E-state index contributed by atoms with van der Waals surface area (Å²) in [6.07, 6.45) is 2.61. The van der Waals surface area contributed by atoms with E-state index in [4.69, 9.17) is 10.5 Å². The topological polar surface area (TPSA) is 102 Å². The van der Waals surface area contributed by atoms with E-state index in [1.165, 1.54) is 6.33 Å². The number of nitrogens with zero attached hydrogens (tertiary/aromatic N) is 5. The second-order valence-electron chi connectivity index (χ2n) is 4.70. The Hall–Kier alpha value is -1.77. The summed E-state index contributed by atoms with van der Waals surface area (Å²) in [5.41, 5.74) is 6.97. The minimum Gasteiger partial charge on any atom is -0.394 e. The zero-order valence-electron chi connectivity index (χ0n) is 10.6. The molecule has 1 aliphatic heterocycles. The molecule has 3 heterocycles. The zero-order valence-corrected chi connectivity index (χ0v) is 10.6. The van der Waals surface area contributed by atoms with Crippen molar-refractivity contribution < 1.29 is 9.84 Å². The van der Waals surface area contributed by atoms with E-state index in [-0.39, 0.29) is 18.9 Å². The van der Waals surface area contributed by atoms with Crippen molar-refractivity contribution in [2.45, 2.75) is 12.3 Å². The SMILES string of the molecule is CN1CC(CO)O[C@@H](n2cnc3c(N)ncnc32)C1. The number of anilines is 1. The van der Waals surface area contributed by atoms with Gasteiger partial charge in [0.2, 0.25) is 0 Å². The lowest BCUT2D eigenvalue weighted by atomic mass is 10.3. The van der Waals surface area contributed by atoms with Gasteiger partial charge in [-0.05, 0) is 7.05 Å². The van der Waals surface area contributed by atoms with Gasteiger partial charge < -0.3 is 15.6 Å². The number of aliphatic hydroxyl groups excluding tert-OH is 1. The lowest BCUT2D eigenvalue weighted by Gasteiger charge is -2.35. The second kappa shape index (κ2) is 4.72. The maximum atomic E-state index is 9.26. The van der Waals surface area contributed by atoms with Gasteiger partial charge in [-0.2, -0.15) is 0 Å². The average molecular weight is 264 g/mol. The maximum Gasteiger partial charge on any atom is 0.167 e. The van der Waals surface area contributed by atoms with Gasteiger partial charge in [0.15, 0.2) is 11.5 Å². The Kier molecular flexibility index (Phi) is 3.05. The molecule has 19 heavy (non-hydrogen) atoms. The van der Waals surface area contributed by atoms with Gasteiger partial charge in [0.25, 0.3) is 0 Å². The van der Waals surface area contributed by atoms with E-state index in [1.807, 2.05) is 11.6 Å². The summed E-state index contributed by atoms with van der Waals surface area (Å²) in [6.45, 7) is 1.40. The highest BCUT2D eigenvalue weighted by Crippen LogP contribution is 2.23. The fraction of sp³-hybridized carbons (Fsp3) is 0.545. The largest absolute Gasteiger partial charge is 0.394 e. The molecular weight excluding hydrogens is 248 g/mol. The number of rotatable bonds is 2. The van der Waals surface area contributed by atoms with Crippen LogP contribution in [0.3, 0.4) is 0 Å². The van der Waals surface area contributed by atoms with Crippen LogP contribution < -0.4 is 5.73 Å². The van der Waals surface area contributed by atoms with Crippen LogP contribution in [-0.4, -0.2) is 62.4 Å². The molecule has 0 radical (unpaired) electrons. The van der Waals surface area contributed by atoms with Gasteiger partial charge in [0.1, 0.15) is 18.1 Å². The Labute approximate surface area is 109 Å². The van der Waals surface area contributed by atoms with E-state index in [9.17, 15) is 5.11 Å². The summed E-state index contributed by atoms with van der Waals surface area (Å²) >= 11 is 0. The number of morpholine rings is 1. The molecule has 3 rings (SSSR count). The van der Waals surface area contributed by atoms with E-state index >= 15 is 0 Å². The Balaban J connectivity index is 1.97. The van der Waals surface area contributed by atoms with Crippen LogP contribution >= 0.6 is 0 Å². The van der Waals surface area contributed by atoms with E-state index in [0.29, 0.717) is 30.1 Å². The highest BCUT2D eigenvalue weighted by molar-refractivity contribution is 5.81. The van der Waals surface area contributed by atoms with Crippen LogP contribution in [0.4, 0.5) is 5.82 Å². The number of likely N-dealkylation sites (N-methyl/N-ethyl adjacent to an activating group) is 1. The fourth-order valence-corrected chi connectivity index (χ4v) is 2.33. The molecule has 0 bridgehead atoms. The number of aromatic nitrogens is 4. The Morgan fingerprint density at radius 2 is 2.26 bits per heavy atom.